The summed E-state index contributed by atoms with van der Waals surface area (Å²) in [6, 6.07) is 0. The van der Waals surface area contributed by atoms with Gasteiger partial charge in [-0.3, -0.25) is 4.99 Å². The van der Waals surface area contributed by atoms with E-state index in [4.69, 9.17) is 0 Å². The Hall–Kier alpha value is -0.420. The Kier molecular flexibility index (Phi) is 5.13. The molecule has 0 radical (unpaired) electrons. The molecule has 0 aliphatic carbocycles. The molecule has 100 valence electrons. The Labute approximate surface area is 109 Å². The smallest absolute Gasteiger partial charge is 0.191 e. The van der Waals surface area contributed by atoms with Gasteiger partial charge in [0.15, 0.2) is 5.96 Å². The van der Waals surface area contributed by atoms with E-state index in [0.29, 0.717) is 6.54 Å². The van der Waals surface area contributed by atoms with E-state index in [0.717, 1.165) is 30.4 Å². The fourth-order valence-corrected chi connectivity index (χ4v) is 2.89. The summed E-state index contributed by atoms with van der Waals surface area (Å²) >= 11 is 1.80. The molecule has 5 heteroatoms. The maximum Gasteiger partial charge on any atom is 0.191 e. The molecule has 0 aromatic carbocycles. The van der Waals surface area contributed by atoms with Gasteiger partial charge >= 0.3 is 0 Å². The summed E-state index contributed by atoms with van der Waals surface area (Å²) in [5, 5.41) is 16.7. The summed E-state index contributed by atoms with van der Waals surface area (Å²) in [4.78, 5) is 4.48. The van der Waals surface area contributed by atoms with Gasteiger partial charge in [-0.2, -0.15) is 11.8 Å². The first-order chi connectivity index (χ1) is 7.85. The highest BCUT2D eigenvalue weighted by molar-refractivity contribution is 7.99. The number of hydrogen-bond donors (Lipinski definition) is 3. The van der Waals surface area contributed by atoms with Gasteiger partial charge in [-0.1, -0.05) is 0 Å². The number of nitrogens with one attached hydrogen (secondary N) is 2. The monoisotopic (exact) mass is 259 g/mol. The highest BCUT2D eigenvalue weighted by Gasteiger charge is 2.31. The van der Waals surface area contributed by atoms with E-state index in [1.165, 1.54) is 0 Å². The molecule has 4 nitrogen and oxygen atoms in total. The van der Waals surface area contributed by atoms with Crippen molar-refractivity contribution in [3.63, 3.8) is 0 Å². The Bertz CT molecular complexity index is 267. The van der Waals surface area contributed by atoms with Crippen molar-refractivity contribution in [2.24, 2.45) is 4.99 Å². The summed E-state index contributed by atoms with van der Waals surface area (Å²) in [5.41, 5.74) is -0.626. The first-order valence-electron chi connectivity index (χ1n) is 6.21. The van der Waals surface area contributed by atoms with Crippen molar-refractivity contribution >= 4 is 17.7 Å². The predicted molar refractivity (Wildman–Crippen MR) is 75.8 cm³/mol. The summed E-state index contributed by atoms with van der Waals surface area (Å²) < 4.78 is 0. The van der Waals surface area contributed by atoms with Crippen LogP contribution in [-0.4, -0.2) is 46.8 Å². The third-order valence-electron chi connectivity index (χ3n) is 2.45. The molecular weight excluding hydrogens is 234 g/mol. The van der Waals surface area contributed by atoms with Crippen molar-refractivity contribution in [3.05, 3.63) is 0 Å². The van der Waals surface area contributed by atoms with Gasteiger partial charge in [0.2, 0.25) is 0 Å². The molecule has 3 N–H and O–H groups in total. The summed E-state index contributed by atoms with van der Waals surface area (Å²) in [7, 11) is 0. The van der Waals surface area contributed by atoms with Gasteiger partial charge in [-0.15, -0.1) is 0 Å². The van der Waals surface area contributed by atoms with Gasteiger partial charge in [0.25, 0.3) is 0 Å². The van der Waals surface area contributed by atoms with E-state index in [9.17, 15) is 5.11 Å². The fourth-order valence-electron chi connectivity index (χ4n) is 1.61. The third kappa shape index (κ3) is 5.64. The minimum Gasteiger partial charge on any atom is -0.387 e. The Balaban J connectivity index is 2.56. The van der Waals surface area contributed by atoms with Crippen LogP contribution >= 0.6 is 11.8 Å². The number of aliphatic hydroxyl groups is 1. The van der Waals surface area contributed by atoms with Crippen molar-refractivity contribution in [1.82, 2.24) is 10.6 Å². The van der Waals surface area contributed by atoms with Gasteiger partial charge in [0.05, 0.1) is 12.1 Å². The van der Waals surface area contributed by atoms with Crippen molar-refractivity contribution in [2.75, 3.05) is 24.6 Å². The molecular formula is C12H25N3OS. The molecule has 0 saturated carbocycles. The second kappa shape index (κ2) is 5.96. The van der Waals surface area contributed by atoms with Crippen LogP contribution in [0, 0.1) is 0 Å². The van der Waals surface area contributed by atoms with Crippen molar-refractivity contribution in [2.45, 2.75) is 45.3 Å². The van der Waals surface area contributed by atoms with E-state index < -0.39 is 5.60 Å². The van der Waals surface area contributed by atoms with Crippen LogP contribution < -0.4 is 10.6 Å². The number of hydrogen-bond acceptors (Lipinski definition) is 3. The average Bonchev–Trinajstić information content (AvgIpc) is 2.61. The van der Waals surface area contributed by atoms with E-state index in [-0.39, 0.29) is 5.54 Å². The molecule has 1 unspecified atom stereocenters. The molecule has 1 fully saturated rings. The van der Waals surface area contributed by atoms with Crippen LogP contribution in [0.2, 0.25) is 0 Å². The lowest BCUT2D eigenvalue weighted by molar-refractivity contribution is 0.0778. The van der Waals surface area contributed by atoms with Crippen molar-refractivity contribution in [3.8, 4) is 0 Å². The first-order valence-corrected chi connectivity index (χ1v) is 7.37. The van der Waals surface area contributed by atoms with E-state index in [1.54, 1.807) is 11.8 Å². The van der Waals surface area contributed by atoms with Crippen LogP contribution in [0.3, 0.4) is 0 Å². The molecule has 1 aliphatic heterocycles. The maximum atomic E-state index is 10.2. The molecule has 1 saturated heterocycles. The number of thioether (sulfide) groups is 1. The Morgan fingerprint density at radius 3 is 2.65 bits per heavy atom. The van der Waals surface area contributed by atoms with Crippen LogP contribution in [0.4, 0.5) is 0 Å². The average molecular weight is 259 g/mol. The lowest BCUT2D eigenvalue weighted by Crippen LogP contribution is -2.48. The Morgan fingerprint density at radius 2 is 2.18 bits per heavy atom. The number of rotatable bonds is 3. The zero-order chi connectivity index (χ0) is 12.9. The number of aliphatic imine (C=N–C) groups is 1. The predicted octanol–water partition coefficient (Wildman–Crippen LogP) is 1.21. The second-order valence-electron chi connectivity index (χ2n) is 5.60. The molecule has 0 amide bonds. The van der Waals surface area contributed by atoms with E-state index in [2.05, 4.69) is 36.4 Å². The highest BCUT2D eigenvalue weighted by Crippen LogP contribution is 2.27. The standard InChI is InChI=1S/C12H25N3OS/c1-5-13-10(15-11(2,3)4)14-8-12(16)6-7-17-9-12/h16H,5-9H2,1-4H3,(H2,13,14,15). The summed E-state index contributed by atoms with van der Waals surface area (Å²) in [5.74, 6) is 2.62. The van der Waals surface area contributed by atoms with Gasteiger partial charge in [-0.25, -0.2) is 0 Å². The second-order valence-corrected chi connectivity index (χ2v) is 6.70. The molecule has 1 rings (SSSR count). The third-order valence-corrected chi connectivity index (χ3v) is 3.69. The van der Waals surface area contributed by atoms with E-state index in [1.807, 2.05) is 6.92 Å². The normalized spacial score (nSPS) is 26.1. The quantitative estimate of drug-likeness (QED) is 0.527. The lowest BCUT2D eigenvalue weighted by Gasteiger charge is -2.25. The minimum absolute atomic E-state index is 0.0198. The summed E-state index contributed by atoms with van der Waals surface area (Å²) in [6.45, 7) is 9.64. The van der Waals surface area contributed by atoms with Crippen LogP contribution in [0.25, 0.3) is 0 Å². The number of guanidine groups is 1. The minimum atomic E-state index is -0.606. The largest absolute Gasteiger partial charge is 0.387 e. The zero-order valence-electron chi connectivity index (χ0n) is 11.3. The van der Waals surface area contributed by atoms with Crippen LogP contribution in [0.15, 0.2) is 4.99 Å². The molecule has 0 aromatic heterocycles. The molecule has 1 heterocycles. The zero-order valence-corrected chi connectivity index (χ0v) is 12.2. The van der Waals surface area contributed by atoms with Gasteiger partial charge in [0.1, 0.15) is 0 Å². The number of nitrogens with zero attached hydrogens (tertiary/aromatic N) is 1. The maximum absolute atomic E-state index is 10.2. The van der Waals surface area contributed by atoms with Crippen LogP contribution in [0.5, 0.6) is 0 Å². The molecule has 17 heavy (non-hydrogen) atoms. The topological polar surface area (TPSA) is 56.7 Å². The van der Waals surface area contributed by atoms with Crippen LogP contribution in [-0.2, 0) is 0 Å². The van der Waals surface area contributed by atoms with E-state index >= 15 is 0 Å². The van der Waals surface area contributed by atoms with Crippen LogP contribution in [0.1, 0.15) is 34.1 Å². The summed E-state index contributed by atoms with van der Waals surface area (Å²) in [6.07, 6.45) is 0.843. The van der Waals surface area contributed by atoms with Crippen molar-refractivity contribution < 1.29 is 5.11 Å². The van der Waals surface area contributed by atoms with Gasteiger partial charge in [-0.05, 0) is 39.9 Å². The molecule has 1 aliphatic rings. The SMILES string of the molecule is CCNC(=NCC1(O)CCSC1)NC(C)(C)C. The van der Waals surface area contributed by atoms with Crippen molar-refractivity contribution in [1.29, 1.82) is 0 Å². The molecule has 0 spiro atoms. The molecule has 1 atom stereocenters. The highest BCUT2D eigenvalue weighted by atomic mass is 32.2. The lowest BCUT2D eigenvalue weighted by atomic mass is 10.0. The first kappa shape index (κ1) is 14.6. The molecule has 0 bridgehead atoms. The fraction of sp³-hybridized carbons (Fsp3) is 0.917. The van der Waals surface area contributed by atoms with Gasteiger partial charge in [0, 0.05) is 17.8 Å². The Morgan fingerprint density at radius 1 is 1.47 bits per heavy atom. The molecule has 0 aromatic rings. The van der Waals surface area contributed by atoms with Gasteiger partial charge < -0.3 is 15.7 Å².